The van der Waals surface area contributed by atoms with Gasteiger partial charge in [0.05, 0.1) is 13.5 Å². The molecule has 0 atom stereocenters. The van der Waals surface area contributed by atoms with Crippen LogP contribution < -0.4 is 0 Å². The lowest BCUT2D eigenvalue weighted by molar-refractivity contribution is -0.139. The van der Waals surface area contributed by atoms with Crippen molar-refractivity contribution in [2.24, 2.45) is 0 Å². The highest BCUT2D eigenvalue weighted by Gasteiger charge is 2.07. The molecule has 0 bridgehead atoms. The summed E-state index contributed by atoms with van der Waals surface area (Å²) >= 11 is 3.96. The molecule has 0 saturated carbocycles. The first-order valence-corrected chi connectivity index (χ1v) is 4.12. The molecule has 0 aliphatic carbocycles. The molecule has 1 aromatic carbocycles. The number of ether oxygens (including phenoxy) is 1. The first-order chi connectivity index (χ1) is 6.13. The van der Waals surface area contributed by atoms with E-state index in [1.807, 2.05) is 0 Å². The molecule has 70 valence electrons. The lowest BCUT2D eigenvalue weighted by atomic mass is 10.1. The summed E-state index contributed by atoms with van der Waals surface area (Å²) in [5.74, 6) is -0.885. The number of esters is 1. The Morgan fingerprint density at radius 1 is 1.62 bits per heavy atom. The van der Waals surface area contributed by atoms with Gasteiger partial charge in [0, 0.05) is 4.90 Å². The zero-order valence-electron chi connectivity index (χ0n) is 7.08. The Kier molecular flexibility index (Phi) is 3.31. The van der Waals surface area contributed by atoms with Crippen molar-refractivity contribution in [1.82, 2.24) is 0 Å². The Bertz CT molecular complexity index is 325. The molecule has 0 saturated heterocycles. The quantitative estimate of drug-likeness (QED) is 0.582. The van der Waals surface area contributed by atoms with Crippen LogP contribution in [0.5, 0.6) is 0 Å². The molecule has 2 nitrogen and oxygen atoms in total. The van der Waals surface area contributed by atoms with E-state index in [-0.39, 0.29) is 6.42 Å². The molecule has 0 heterocycles. The average molecular weight is 200 g/mol. The predicted octanol–water partition coefficient (Wildman–Crippen LogP) is 1.83. The first-order valence-electron chi connectivity index (χ1n) is 3.67. The number of methoxy groups -OCH3 is 1. The van der Waals surface area contributed by atoms with Gasteiger partial charge >= 0.3 is 5.97 Å². The highest BCUT2D eigenvalue weighted by atomic mass is 32.1. The summed E-state index contributed by atoms with van der Waals surface area (Å²) in [6, 6.07) is 4.42. The van der Waals surface area contributed by atoms with Crippen LogP contribution in [0, 0.1) is 5.82 Å². The van der Waals surface area contributed by atoms with Gasteiger partial charge in [0.15, 0.2) is 0 Å². The molecule has 0 fully saturated rings. The van der Waals surface area contributed by atoms with Crippen LogP contribution in [0.15, 0.2) is 23.1 Å². The number of halogens is 1. The van der Waals surface area contributed by atoms with Gasteiger partial charge in [-0.25, -0.2) is 4.39 Å². The van der Waals surface area contributed by atoms with Gasteiger partial charge in [-0.05, 0) is 17.7 Å². The molecule has 1 rings (SSSR count). The average Bonchev–Trinajstić information content (AvgIpc) is 2.09. The van der Waals surface area contributed by atoms with Crippen molar-refractivity contribution in [2.75, 3.05) is 7.11 Å². The third kappa shape index (κ3) is 2.73. The highest BCUT2D eigenvalue weighted by Crippen LogP contribution is 2.13. The zero-order chi connectivity index (χ0) is 9.84. The summed E-state index contributed by atoms with van der Waals surface area (Å²) in [4.78, 5) is 11.3. The van der Waals surface area contributed by atoms with Gasteiger partial charge in [0.2, 0.25) is 0 Å². The van der Waals surface area contributed by atoms with Crippen LogP contribution in [0.25, 0.3) is 0 Å². The van der Waals surface area contributed by atoms with E-state index in [9.17, 15) is 9.18 Å². The third-order valence-electron chi connectivity index (χ3n) is 1.60. The molecule has 4 heteroatoms. The lowest BCUT2D eigenvalue weighted by Crippen LogP contribution is -2.05. The summed E-state index contributed by atoms with van der Waals surface area (Å²) < 4.78 is 17.5. The number of hydrogen-bond acceptors (Lipinski definition) is 3. The van der Waals surface area contributed by atoms with Crippen LogP contribution in [0.2, 0.25) is 0 Å². The fourth-order valence-corrected chi connectivity index (χ4v) is 1.10. The molecule has 0 aromatic heterocycles. The fourth-order valence-electron chi connectivity index (χ4n) is 0.907. The molecule has 0 aliphatic heterocycles. The third-order valence-corrected chi connectivity index (χ3v) is 1.88. The Morgan fingerprint density at radius 2 is 2.31 bits per heavy atom. The summed E-state index contributed by atoms with van der Waals surface area (Å²) in [5, 5.41) is 0. The van der Waals surface area contributed by atoms with Gasteiger partial charge in [-0.2, -0.15) is 0 Å². The van der Waals surface area contributed by atoms with Crippen molar-refractivity contribution in [3.05, 3.63) is 29.6 Å². The maximum Gasteiger partial charge on any atom is 0.310 e. The van der Waals surface area contributed by atoms with Crippen molar-refractivity contribution in [2.45, 2.75) is 11.3 Å². The molecule has 0 aliphatic rings. The van der Waals surface area contributed by atoms with Gasteiger partial charge in [0.25, 0.3) is 0 Å². The van der Waals surface area contributed by atoms with Crippen molar-refractivity contribution < 1.29 is 13.9 Å². The molecule has 0 amide bonds. The van der Waals surface area contributed by atoms with Crippen LogP contribution in [-0.2, 0) is 16.0 Å². The molecule has 0 unspecified atom stereocenters. The largest absolute Gasteiger partial charge is 0.469 e. The van der Waals surface area contributed by atoms with E-state index in [1.54, 1.807) is 6.07 Å². The fraction of sp³-hybridized carbons (Fsp3) is 0.222. The molecule has 0 spiro atoms. The predicted molar refractivity (Wildman–Crippen MR) is 49.4 cm³/mol. The molecule has 1 aromatic rings. The van der Waals surface area contributed by atoms with Crippen LogP contribution in [-0.4, -0.2) is 13.1 Å². The second kappa shape index (κ2) is 4.28. The second-order valence-electron chi connectivity index (χ2n) is 2.53. The molecule has 13 heavy (non-hydrogen) atoms. The van der Waals surface area contributed by atoms with E-state index in [2.05, 4.69) is 17.4 Å². The number of carbonyl (C=O) groups is 1. The number of hydrogen-bond donors (Lipinski definition) is 1. The maximum absolute atomic E-state index is 13.1. The van der Waals surface area contributed by atoms with E-state index in [4.69, 9.17) is 0 Å². The molecule has 0 N–H and O–H groups in total. The van der Waals surface area contributed by atoms with Crippen molar-refractivity contribution in [3.8, 4) is 0 Å². The number of benzene rings is 1. The number of carbonyl (C=O) groups excluding carboxylic acids is 1. The standard InChI is InChI=1S/C9H9FO2S/c1-12-9(11)4-6-2-3-7(13)5-8(6)10/h2-3,5,13H,4H2,1H3. The minimum absolute atomic E-state index is 0.0452. The zero-order valence-corrected chi connectivity index (χ0v) is 7.98. The van der Waals surface area contributed by atoms with Gasteiger partial charge < -0.3 is 4.74 Å². The smallest absolute Gasteiger partial charge is 0.310 e. The van der Waals surface area contributed by atoms with Gasteiger partial charge in [-0.15, -0.1) is 12.6 Å². The van der Waals surface area contributed by atoms with E-state index in [0.29, 0.717) is 10.5 Å². The van der Waals surface area contributed by atoms with E-state index in [1.165, 1.54) is 19.2 Å². The molecular weight excluding hydrogens is 191 g/mol. The van der Waals surface area contributed by atoms with E-state index < -0.39 is 11.8 Å². The van der Waals surface area contributed by atoms with Crippen LogP contribution in [0.3, 0.4) is 0 Å². The Hall–Kier alpha value is -1.03. The first kappa shape index (κ1) is 10.1. The maximum atomic E-state index is 13.1. The van der Waals surface area contributed by atoms with Crippen LogP contribution in [0.1, 0.15) is 5.56 Å². The summed E-state index contributed by atoms with van der Waals surface area (Å²) in [7, 11) is 1.27. The SMILES string of the molecule is COC(=O)Cc1ccc(S)cc1F. The van der Waals surface area contributed by atoms with Crippen molar-refractivity contribution in [3.63, 3.8) is 0 Å². The summed E-state index contributed by atoms with van der Waals surface area (Å²) in [6.07, 6.45) is -0.0452. The normalized spacial score (nSPS) is 9.77. The number of rotatable bonds is 2. The minimum atomic E-state index is -0.453. The van der Waals surface area contributed by atoms with Crippen molar-refractivity contribution in [1.29, 1.82) is 0 Å². The monoisotopic (exact) mass is 200 g/mol. The minimum Gasteiger partial charge on any atom is -0.469 e. The Morgan fingerprint density at radius 3 is 2.85 bits per heavy atom. The molecule has 0 radical (unpaired) electrons. The topological polar surface area (TPSA) is 26.3 Å². The summed E-state index contributed by atoms with van der Waals surface area (Å²) in [6.45, 7) is 0. The lowest BCUT2D eigenvalue weighted by Gasteiger charge is -2.01. The van der Waals surface area contributed by atoms with E-state index in [0.717, 1.165) is 0 Å². The summed E-state index contributed by atoms with van der Waals surface area (Å²) in [5.41, 5.74) is 0.324. The molecular formula is C9H9FO2S. The van der Waals surface area contributed by atoms with Gasteiger partial charge in [-0.3, -0.25) is 4.79 Å². The number of thiol groups is 1. The Balaban J connectivity index is 2.83. The van der Waals surface area contributed by atoms with Crippen LogP contribution >= 0.6 is 12.6 Å². The van der Waals surface area contributed by atoms with Gasteiger partial charge in [0.1, 0.15) is 5.82 Å². The highest BCUT2D eigenvalue weighted by molar-refractivity contribution is 7.80. The van der Waals surface area contributed by atoms with Crippen molar-refractivity contribution >= 4 is 18.6 Å². The van der Waals surface area contributed by atoms with Gasteiger partial charge in [-0.1, -0.05) is 6.07 Å². The van der Waals surface area contributed by atoms with E-state index >= 15 is 0 Å². The Labute approximate surface area is 81.1 Å². The van der Waals surface area contributed by atoms with Crippen LogP contribution in [0.4, 0.5) is 4.39 Å². The second-order valence-corrected chi connectivity index (χ2v) is 3.05.